The number of imidazole rings is 1. The summed E-state index contributed by atoms with van der Waals surface area (Å²) in [7, 11) is 6.81. The van der Waals surface area contributed by atoms with Gasteiger partial charge in [0, 0.05) is 56.7 Å². The highest BCUT2D eigenvalue weighted by Gasteiger charge is 2.61. The summed E-state index contributed by atoms with van der Waals surface area (Å²) in [6, 6.07) is -1.23. The second-order valence-electron chi connectivity index (χ2n) is 20.2. The molecule has 4 saturated heterocycles. The van der Waals surface area contributed by atoms with E-state index in [0.29, 0.717) is 29.9 Å². The van der Waals surface area contributed by atoms with E-state index in [2.05, 4.69) is 15.0 Å². The fourth-order valence-electron chi connectivity index (χ4n) is 11.0. The first kappa shape index (κ1) is 53.9. The number of hydrogen-bond donors (Lipinski definition) is 4. The van der Waals surface area contributed by atoms with Crippen LogP contribution in [0.25, 0.3) is 11.2 Å². The third-order valence-corrected chi connectivity index (χ3v) is 16.1. The molecule has 21 nitrogen and oxygen atoms in total. The van der Waals surface area contributed by atoms with Crippen molar-refractivity contribution >= 4 is 52.7 Å². The number of likely N-dealkylation sites (N-methyl/N-ethyl adjacent to an activating group) is 1. The van der Waals surface area contributed by atoms with Gasteiger partial charge in [0.05, 0.1) is 53.9 Å². The van der Waals surface area contributed by atoms with Crippen molar-refractivity contribution in [3.8, 4) is 0 Å². The van der Waals surface area contributed by atoms with Crippen LogP contribution in [0.1, 0.15) is 94.9 Å². The third-order valence-electron chi connectivity index (χ3n) is 15.1. The van der Waals surface area contributed by atoms with Crippen LogP contribution < -0.4 is 11.5 Å². The van der Waals surface area contributed by atoms with E-state index >= 15 is 4.79 Å². The van der Waals surface area contributed by atoms with Gasteiger partial charge in [0.25, 0.3) is 0 Å². The zero-order valence-electron chi connectivity index (χ0n) is 42.1. The van der Waals surface area contributed by atoms with Crippen LogP contribution in [0, 0.1) is 23.7 Å². The van der Waals surface area contributed by atoms with Crippen LogP contribution in [0.5, 0.6) is 0 Å². The van der Waals surface area contributed by atoms with E-state index in [1.54, 1.807) is 45.5 Å². The Morgan fingerprint density at radius 3 is 2.25 bits per heavy atom. The van der Waals surface area contributed by atoms with E-state index in [9.17, 15) is 19.8 Å². The molecule has 4 aliphatic rings. The molecule has 2 aromatic rings. The van der Waals surface area contributed by atoms with E-state index in [1.807, 2.05) is 53.6 Å². The monoisotopic (exact) mass is 981 g/mol. The molecule has 0 unspecified atom stereocenters. The molecule has 6 rings (SSSR count). The number of cyclic esters (lactones) is 1. The molecule has 0 bridgehead atoms. The number of fused-ring (bicyclic) bond motifs is 2. The Balaban J connectivity index is 1.41. The molecule has 4 aliphatic heterocycles. The highest BCUT2D eigenvalue weighted by Crippen LogP contribution is 2.46. The number of hydrogen-bond acceptors (Lipinski definition) is 20. The molecular formula is C46H76N8O13S. The standard InChI is InChI=1S/C46H76N8O13S/c1-15-29-46(10)35(54(43(59)67-46)68-17-16-53-21-49-31-38(47)50-42(48)51-39(31)53)24(4)32(55)22(2)19-45(9,61-14)37(66-41-33(56)28(52(11)12)18-23(3)62-41)25(5)34(26(6)40(58)64-29)65-30-20-44(8,60-13)36(57)27(7)63-30/h21-30,33-37,41,56-57H,15-20H2,1-14H3,(H4,47,48,50,51)/t22-,23-,24+,25+,26-,27+,28+,29-,30+,33-,34+,35-,36+,37-,41+,44-,45-,46-/m1/s1. The second-order valence-corrected chi connectivity index (χ2v) is 21.3. The average Bonchev–Trinajstić information content (AvgIpc) is 3.81. The maximum Gasteiger partial charge on any atom is 0.421 e. The molecule has 0 aliphatic carbocycles. The smallest absolute Gasteiger partial charge is 0.421 e. The molecule has 1 amide bonds. The number of nitrogens with zero attached hydrogens (tertiary/aromatic N) is 6. The number of aromatic nitrogens is 4. The predicted octanol–water partition coefficient (Wildman–Crippen LogP) is 3.56. The van der Waals surface area contributed by atoms with Crippen LogP contribution in [0.15, 0.2) is 6.33 Å². The van der Waals surface area contributed by atoms with Gasteiger partial charge in [-0.1, -0.05) is 27.7 Å². The first-order chi connectivity index (χ1) is 31.8. The molecule has 6 heterocycles. The number of aryl methyl sites for hydroxylation is 1. The van der Waals surface area contributed by atoms with Gasteiger partial charge in [-0.05, 0) is 86.8 Å². The molecule has 68 heavy (non-hydrogen) atoms. The number of rotatable bonds is 12. The lowest BCUT2D eigenvalue weighted by molar-refractivity contribution is -0.319. The number of nitrogens with two attached hydrogens (primary N) is 2. The number of amides is 1. The molecule has 0 spiro atoms. The Morgan fingerprint density at radius 2 is 1.62 bits per heavy atom. The van der Waals surface area contributed by atoms with Gasteiger partial charge in [-0.25, -0.2) is 14.1 Å². The van der Waals surface area contributed by atoms with Crippen molar-refractivity contribution < 1.29 is 62.5 Å². The highest BCUT2D eigenvalue weighted by atomic mass is 32.2. The summed E-state index contributed by atoms with van der Waals surface area (Å²) in [4.78, 5) is 58.8. The predicted molar refractivity (Wildman–Crippen MR) is 252 cm³/mol. The van der Waals surface area contributed by atoms with Crippen LogP contribution in [0.2, 0.25) is 0 Å². The highest BCUT2D eigenvalue weighted by molar-refractivity contribution is 7.97. The first-order valence-corrected chi connectivity index (χ1v) is 24.7. The van der Waals surface area contributed by atoms with Crippen molar-refractivity contribution in [2.24, 2.45) is 23.7 Å². The van der Waals surface area contributed by atoms with Crippen molar-refractivity contribution in [2.45, 2.75) is 186 Å². The van der Waals surface area contributed by atoms with Crippen molar-refractivity contribution in [2.75, 3.05) is 45.5 Å². The Bertz CT molecular complexity index is 2100. The number of esters is 1. The summed E-state index contributed by atoms with van der Waals surface area (Å²) in [6.45, 7) is 18.2. The Hall–Kier alpha value is -3.45. The minimum absolute atomic E-state index is 0.00736. The fraction of sp³-hybridized carbons (Fsp3) is 0.826. The molecule has 22 heteroatoms. The summed E-state index contributed by atoms with van der Waals surface area (Å²) in [6.07, 6.45) is -6.38. The normalized spacial score (nSPS) is 41.1. The molecule has 6 N–H and O–H groups in total. The summed E-state index contributed by atoms with van der Waals surface area (Å²) in [5.74, 6) is -3.75. The number of methoxy groups -OCH3 is 2. The molecule has 4 fully saturated rings. The lowest BCUT2D eigenvalue weighted by Gasteiger charge is -2.50. The van der Waals surface area contributed by atoms with Gasteiger partial charge in [0.15, 0.2) is 29.6 Å². The van der Waals surface area contributed by atoms with Crippen molar-refractivity contribution in [1.82, 2.24) is 28.7 Å². The SMILES string of the molecule is CC[C@H]1OC(=O)[C@H](C)[C@@H](O[C@H]2C[C@@](C)(OC)[C@@H](O)[C@H](C)O2)[C@H](C)[C@@H](O[C@@H]2O[C@H](C)C[C@H](N(C)C)[C@H]2O)[C@](C)(OC)C[C@@H](C)C(=O)[C@H](C)[C@H]2N(SCCn3cnc4c(N)nc(N)nc43)C(=O)O[C@]12C. The molecule has 2 aromatic heterocycles. The van der Waals surface area contributed by atoms with Gasteiger partial charge in [-0.3, -0.25) is 9.59 Å². The van der Waals surface area contributed by atoms with Gasteiger partial charge < -0.3 is 69.0 Å². The number of aliphatic hydroxyl groups is 2. The Kier molecular flexibility index (Phi) is 16.7. The number of ketones is 1. The third kappa shape index (κ3) is 10.5. The van der Waals surface area contributed by atoms with Gasteiger partial charge in [-0.2, -0.15) is 9.97 Å². The minimum atomic E-state index is -1.50. The topological polar surface area (TPSA) is 268 Å². The van der Waals surface area contributed by atoms with Crippen LogP contribution in [0.3, 0.4) is 0 Å². The summed E-state index contributed by atoms with van der Waals surface area (Å²) in [5.41, 5.74) is 8.91. The molecular weight excluding hydrogens is 905 g/mol. The van der Waals surface area contributed by atoms with E-state index in [1.165, 1.54) is 30.5 Å². The van der Waals surface area contributed by atoms with Crippen LogP contribution >= 0.6 is 11.9 Å². The van der Waals surface area contributed by atoms with Crippen molar-refractivity contribution in [3.05, 3.63) is 6.33 Å². The number of nitrogen functional groups attached to an aromatic ring is 2. The van der Waals surface area contributed by atoms with Gasteiger partial charge in [0.1, 0.15) is 29.6 Å². The number of Topliss-reactive ketones (excluding diaryl/α,β-unsaturated/α-hetero) is 1. The zero-order valence-corrected chi connectivity index (χ0v) is 42.9. The maximum absolute atomic E-state index is 15.1. The lowest BCUT2D eigenvalue weighted by Crippen LogP contribution is -2.61. The van der Waals surface area contributed by atoms with Crippen LogP contribution in [-0.4, -0.2) is 175 Å². The second kappa shape index (κ2) is 21.1. The van der Waals surface area contributed by atoms with Gasteiger partial charge in [0.2, 0.25) is 5.95 Å². The zero-order chi connectivity index (χ0) is 50.4. The molecule has 0 saturated carbocycles. The number of carbonyl (C=O) groups is 3. The summed E-state index contributed by atoms with van der Waals surface area (Å²) >= 11 is 1.17. The maximum atomic E-state index is 15.1. The number of aliphatic hydroxyl groups excluding tert-OH is 2. The van der Waals surface area contributed by atoms with Gasteiger partial charge >= 0.3 is 12.1 Å². The van der Waals surface area contributed by atoms with Crippen molar-refractivity contribution in [1.29, 1.82) is 0 Å². The largest absolute Gasteiger partial charge is 0.458 e. The lowest BCUT2D eigenvalue weighted by atomic mass is 9.73. The minimum Gasteiger partial charge on any atom is -0.458 e. The molecule has 0 aromatic carbocycles. The van der Waals surface area contributed by atoms with E-state index in [-0.39, 0.29) is 49.0 Å². The molecule has 18 atom stereocenters. The Morgan fingerprint density at radius 1 is 0.941 bits per heavy atom. The van der Waals surface area contributed by atoms with Crippen molar-refractivity contribution in [3.63, 3.8) is 0 Å². The van der Waals surface area contributed by atoms with Crippen LogP contribution in [-0.2, 0) is 54.0 Å². The quantitative estimate of drug-likeness (QED) is 0.175. The van der Waals surface area contributed by atoms with Crippen LogP contribution in [0.4, 0.5) is 16.6 Å². The van der Waals surface area contributed by atoms with E-state index in [4.69, 9.17) is 49.4 Å². The molecule has 384 valence electrons. The molecule has 0 radical (unpaired) electrons. The summed E-state index contributed by atoms with van der Waals surface area (Å²) < 4.78 is 54.7. The summed E-state index contributed by atoms with van der Waals surface area (Å²) in [5, 5.41) is 22.9. The van der Waals surface area contributed by atoms with E-state index < -0.39 is 108 Å². The first-order valence-electron chi connectivity index (χ1n) is 23.7. The Labute approximate surface area is 404 Å². The average molecular weight is 981 g/mol. The number of anilines is 2. The van der Waals surface area contributed by atoms with Gasteiger partial charge in [-0.15, -0.1) is 0 Å². The number of ether oxygens (including phenoxy) is 8. The number of carbonyl (C=O) groups excluding carboxylic acids is 3. The van der Waals surface area contributed by atoms with E-state index in [0.717, 1.165) is 0 Å². The fourth-order valence-corrected chi connectivity index (χ4v) is 12.2.